The number of carbonyl (C=O) groups is 1. The average Bonchev–Trinajstić information content (AvgIpc) is 2.70. The van der Waals surface area contributed by atoms with Gasteiger partial charge in [0.1, 0.15) is 11.4 Å². The number of carbonyl (C=O) groups excluding carboxylic acids is 1. The van der Waals surface area contributed by atoms with Gasteiger partial charge in [0.05, 0.1) is 12.5 Å². The molecule has 3 atom stereocenters. The molecule has 1 saturated carbocycles. The molecule has 1 fully saturated rings. The Kier molecular flexibility index (Phi) is 5.76. The number of halogens is 3. The summed E-state index contributed by atoms with van der Waals surface area (Å²) in [6.07, 6.45) is 2.45. The maximum absolute atomic E-state index is 15.2. The molecule has 1 aliphatic heterocycles. The SMILES string of the molecule is CC(C)(C)OC(=O)[C@@H]1CCC[C@@]2(Cc3ccc(Cl)cc3)c3c(F)ccc(F)c3OCC12. The third kappa shape index (κ3) is 4.17. The van der Waals surface area contributed by atoms with Crippen molar-refractivity contribution < 1.29 is 23.0 Å². The van der Waals surface area contributed by atoms with Crippen LogP contribution in [-0.4, -0.2) is 18.2 Å². The van der Waals surface area contributed by atoms with Gasteiger partial charge in [0, 0.05) is 21.9 Å². The monoisotopic (exact) mass is 448 g/mol. The Labute approximate surface area is 186 Å². The van der Waals surface area contributed by atoms with Crippen molar-refractivity contribution in [3.63, 3.8) is 0 Å². The Balaban J connectivity index is 1.83. The first-order valence-electron chi connectivity index (χ1n) is 10.7. The van der Waals surface area contributed by atoms with Crippen molar-refractivity contribution >= 4 is 17.6 Å². The van der Waals surface area contributed by atoms with E-state index < -0.39 is 28.6 Å². The van der Waals surface area contributed by atoms with Crippen molar-refractivity contribution in [1.82, 2.24) is 0 Å². The Morgan fingerprint density at radius 3 is 2.52 bits per heavy atom. The Morgan fingerprint density at radius 1 is 1.16 bits per heavy atom. The van der Waals surface area contributed by atoms with Crippen molar-refractivity contribution in [3.8, 4) is 5.75 Å². The molecule has 0 bridgehead atoms. The third-order valence-corrected chi connectivity index (χ3v) is 6.69. The lowest BCUT2D eigenvalue weighted by Gasteiger charge is -2.51. The summed E-state index contributed by atoms with van der Waals surface area (Å²) in [6.45, 7) is 5.63. The highest BCUT2D eigenvalue weighted by molar-refractivity contribution is 6.30. The van der Waals surface area contributed by atoms with Crippen LogP contribution in [0.5, 0.6) is 5.75 Å². The fourth-order valence-electron chi connectivity index (χ4n) is 5.24. The second-order valence-electron chi connectivity index (χ2n) is 9.64. The first kappa shape index (κ1) is 22.1. The van der Waals surface area contributed by atoms with E-state index in [0.717, 1.165) is 17.7 Å². The van der Waals surface area contributed by atoms with Gasteiger partial charge in [0.25, 0.3) is 0 Å². The van der Waals surface area contributed by atoms with E-state index in [1.807, 2.05) is 32.9 Å². The van der Waals surface area contributed by atoms with Crippen molar-refractivity contribution in [2.24, 2.45) is 11.8 Å². The van der Waals surface area contributed by atoms with E-state index >= 15 is 4.39 Å². The molecule has 0 saturated heterocycles. The topological polar surface area (TPSA) is 35.5 Å². The van der Waals surface area contributed by atoms with Gasteiger partial charge in [-0.1, -0.05) is 30.2 Å². The van der Waals surface area contributed by atoms with E-state index in [9.17, 15) is 9.18 Å². The van der Waals surface area contributed by atoms with Gasteiger partial charge in [0.2, 0.25) is 0 Å². The highest BCUT2D eigenvalue weighted by Crippen LogP contribution is 2.55. The standard InChI is InChI=1S/C25H27ClF2O3/c1-24(2,3)31-23(29)17-5-4-12-25(13-15-6-8-16(26)9-7-15)18(17)14-30-22-20(28)11-10-19(27)21(22)25/h6-11,17-18H,4-5,12-14H2,1-3H3/t17-,18?,25+/m1/s1. The van der Waals surface area contributed by atoms with E-state index in [2.05, 4.69) is 0 Å². The molecule has 3 nitrogen and oxygen atoms in total. The second-order valence-corrected chi connectivity index (χ2v) is 10.1. The van der Waals surface area contributed by atoms with E-state index in [1.165, 1.54) is 0 Å². The molecule has 0 radical (unpaired) electrons. The summed E-state index contributed by atoms with van der Waals surface area (Å²) in [5.41, 5.74) is -0.200. The number of esters is 1. The summed E-state index contributed by atoms with van der Waals surface area (Å²) >= 11 is 6.05. The average molecular weight is 449 g/mol. The van der Waals surface area contributed by atoms with Crippen LogP contribution in [0, 0.1) is 23.5 Å². The molecule has 1 heterocycles. The maximum Gasteiger partial charge on any atom is 0.309 e. The van der Waals surface area contributed by atoms with Gasteiger partial charge in [-0.15, -0.1) is 0 Å². The number of rotatable bonds is 3. The molecule has 0 N–H and O–H groups in total. The number of benzene rings is 2. The Morgan fingerprint density at radius 2 is 1.84 bits per heavy atom. The highest BCUT2D eigenvalue weighted by atomic mass is 35.5. The molecule has 1 aliphatic carbocycles. The minimum Gasteiger partial charge on any atom is -0.490 e. The Bertz CT molecular complexity index is 983. The van der Waals surface area contributed by atoms with Crippen molar-refractivity contribution in [2.45, 2.75) is 57.5 Å². The van der Waals surface area contributed by atoms with Gasteiger partial charge in [-0.2, -0.15) is 0 Å². The summed E-state index contributed by atoms with van der Waals surface area (Å²) in [5.74, 6) is -2.19. The predicted octanol–water partition coefficient (Wildman–Crippen LogP) is 6.25. The smallest absolute Gasteiger partial charge is 0.309 e. The van der Waals surface area contributed by atoms with Gasteiger partial charge < -0.3 is 9.47 Å². The molecule has 0 aromatic heterocycles. The molecule has 31 heavy (non-hydrogen) atoms. The molecule has 0 amide bonds. The van der Waals surface area contributed by atoms with Gasteiger partial charge in [-0.3, -0.25) is 4.79 Å². The van der Waals surface area contributed by atoms with E-state index in [1.54, 1.807) is 12.1 Å². The zero-order valence-electron chi connectivity index (χ0n) is 18.0. The van der Waals surface area contributed by atoms with Crippen LogP contribution in [0.15, 0.2) is 36.4 Å². The summed E-state index contributed by atoms with van der Waals surface area (Å²) in [7, 11) is 0. The van der Waals surface area contributed by atoms with Gasteiger partial charge >= 0.3 is 5.97 Å². The molecular weight excluding hydrogens is 422 g/mol. The molecule has 2 aromatic rings. The molecule has 2 aliphatic rings. The molecule has 4 rings (SSSR count). The largest absolute Gasteiger partial charge is 0.490 e. The first-order valence-corrected chi connectivity index (χ1v) is 11.1. The third-order valence-electron chi connectivity index (χ3n) is 6.44. The zero-order valence-corrected chi connectivity index (χ0v) is 18.8. The van der Waals surface area contributed by atoms with Crippen LogP contribution in [0.25, 0.3) is 0 Å². The predicted molar refractivity (Wildman–Crippen MR) is 115 cm³/mol. The van der Waals surface area contributed by atoms with Crippen LogP contribution < -0.4 is 4.74 Å². The lowest BCUT2D eigenvalue weighted by Crippen LogP contribution is -2.53. The van der Waals surface area contributed by atoms with Gasteiger partial charge in [0.15, 0.2) is 11.6 Å². The van der Waals surface area contributed by atoms with Gasteiger partial charge in [-0.25, -0.2) is 8.78 Å². The number of hydrogen-bond donors (Lipinski definition) is 0. The molecular formula is C25H27ClF2O3. The van der Waals surface area contributed by atoms with Crippen LogP contribution in [-0.2, 0) is 21.4 Å². The fourth-order valence-corrected chi connectivity index (χ4v) is 5.37. The summed E-state index contributed by atoms with van der Waals surface area (Å²) < 4.78 is 41.4. The van der Waals surface area contributed by atoms with Crippen LogP contribution in [0.2, 0.25) is 5.02 Å². The molecule has 166 valence electrons. The zero-order chi connectivity index (χ0) is 22.4. The number of fused-ring (bicyclic) bond motifs is 3. The molecule has 1 unspecified atom stereocenters. The molecule has 0 spiro atoms. The van der Waals surface area contributed by atoms with Crippen molar-refractivity contribution in [1.29, 1.82) is 0 Å². The maximum atomic E-state index is 15.2. The normalized spacial score (nSPS) is 25.2. The quantitative estimate of drug-likeness (QED) is 0.520. The van der Waals surface area contributed by atoms with E-state index in [0.29, 0.717) is 30.7 Å². The van der Waals surface area contributed by atoms with Crippen LogP contribution in [0.3, 0.4) is 0 Å². The number of ether oxygens (including phenoxy) is 2. The van der Waals surface area contributed by atoms with E-state index in [4.69, 9.17) is 21.1 Å². The highest BCUT2D eigenvalue weighted by Gasteiger charge is 2.55. The molecule has 2 aromatic carbocycles. The lowest BCUT2D eigenvalue weighted by atomic mass is 9.55. The van der Waals surface area contributed by atoms with Gasteiger partial charge in [-0.05, 0) is 69.9 Å². The minimum atomic E-state index is -0.770. The molecule has 6 heteroatoms. The summed E-state index contributed by atoms with van der Waals surface area (Å²) in [4.78, 5) is 13.1. The number of hydrogen-bond acceptors (Lipinski definition) is 3. The van der Waals surface area contributed by atoms with E-state index in [-0.39, 0.29) is 29.8 Å². The van der Waals surface area contributed by atoms with Crippen LogP contribution in [0.4, 0.5) is 8.78 Å². The fraction of sp³-hybridized carbons (Fsp3) is 0.480. The van der Waals surface area contributed by atoms with Crippen molar-refractivity contribution in [3.05, 3.63) is 64.2 Å². The first-order chi connectivity index (χ1) is 14.6. The van der Waals surface area contributed by atoms with Crippen molar-refractivity contribution in [2.75, 3.05) is 6.61 Å². The summed E-state index contributed by atoms with van der Waals surface area (Å²) in [5, 5.41) is 0.609. The Hall–Kier alpha value is -2.14. The summed E-state index contributed by atoms with van der Waals surface area (Å²) in [6, 6.07) is 9.63. The van der Waals surface area contributed by atoms with Crippen LogP contribution in [0.1, 0.15) is 51.2 Å². The second kappa shape index (κ2) is 8.09. The van der Waals surface area contributed by atoms with Crippen LogP contribution >= 0.6 is 11.6 Å². The minimum absolute atomic E-state index is 0.0324. The lowest BCUT2D eigenvalue weighted by molar-refractivity contribution is -0.166.